The number of carbonyl (C=O) groups excluding carboxylic acids is 1. The summed E-state index contributed by atoms with van der Waals surface area (Å²) < 4.78 is 12.6. The highest BCUT2D eigenvalue weighted by molar-refractivity contribution is 5.93. The molecule has 0 radical (unpaired) electrons. The normalized spacial score (nSPS) is 17.5. The van der Waals surface area contributed by atoms with Crippen molar-refractivity contribution in [2.24, 2.45) is 0 Å². The van der Waals surface area contributed by atoms with E-state index in [2.05, 4.69) is 9.72 Å². The number of furan rings is 1. The van der Waals surface area contributed by atoms with Gasteiger partial charge in [-0.3, -0.25) is 4.79 Å². The molecule has 0 spiro atoms. The number of fused-ring (bicyclic) bond motifs is 1. The Bertz CT molecular complexity index is 800. The summed E-state index contributed by atoms with van der Waals surface area (Å²) in [7, 11) is 0. The van der Waals surface area contributed by atoms with Crippen LogP contribution < -0.4 is 0 Å². The van der Waals surface area contributed by atoms with Crippen molar-refractivity contribution in [2.45, 2.75) is 19.5 Å². The monoisotopic (exact) mass is 297 g/mol. The summed E-state index contributed by atoms with van der Waals surface area (Å²) in [5.74, 6) is 0.898. The highest BCUT2D eigenvalue weighted by Crippen LogP contribution is 2.28. The Labute approximate surface area is 126 Å². The number of nitrogens with zero attached hydrogens (tertiary/aromatic N) is 3. The van der Waals surface area contributed by atoms with E-state index in [1.807, 2.05) is 30.2 Å². The highest BCUT2D eigenvalue weighted by Gasteiger charge is 2.30. The summed E-state index contributed by atoms with van der Waals surface area (Å²) in [6, 6.07) is 9.22. The third kappa shape index (κ3) is 1.95. The van der Waals surface area contributed by atoms with E-state index in [4.69, 9.17) is 8.94 Å². The zero-order valence-corrected chi connectivity index (χ0v) is 12.1. The van der Waals surface area contributed by atoms with Crippen LogP contribution in [0.4, 0.5) is 0 Å². The molecule has 0 aliphatic carbocycles. The van der Waals surface area contributed by atoms with Crippen LogP contribution in [0.1, 0.15) is 29.1 Å². The molecule has 0 fully saturated rings. The first-order valence-electron chi connectivity index (χ1n) is 7.20. The van der Waals surface area contributed by atoms with Gasteiger partial charge in [0.1, 0.15) is 0 Å². The van der Waals surface area contributed by atoms with Gasteiger partial charge in [0.2, 0.25) is 5.76 Å². The lowest BCUT2D eigenvalue weighted by molar-refractivity contribution is 0.0633. The molecule has 0 aromatic carbocycles. The number of hydrogen-bond acceptors (Lipinski definition) is 4. The van der Waals surface area contributed by atoms with Crippen LogP contribution in [0.25, 0.3) is 11.5 Å². The lowest BCUT2D eigenvalue weighted by Crippen LogP contribution is -2.40. The van der Waals surface area contributed by atoms with Crippen LogP contribution in [0.2, 0.25) is 0 Å². The fourth-order valence-corrected chi connectivity index (χ4v) is 2.91. The number of aromatic nitrogens is 2. The molecule has 1 amide bonds. The molecule has 1 atom stereocenters. The molecule has 0 N–H and O–H groups in total. The van der Waals surface area contributed by atoms with Gasteiger partial charge < -0.3 is 18.4 Å². The van der Waals surface area contributed by atoms with Gasteiger partial charge in [-0.2, -0.15) is 0 Å². The van der Waals surface area contributed by atoms with Crippen LogP contribution in [-0.2, 0) is 6.54 Å². The van der Waals surface area contributed by atoms with E-state index in [-0.39, 0.29) is 11.9 Å². The molecule has 22 heavy (non-hydrogen) atoms. The van der Waals surface area contributed by atoms with Crippen LogP contribution >= 0.6 is 0 Å². The van der Waals surface area contributed by atoms with Crippen molar-refractivity contribution in [1.29, 1.82) is 0 Å². The first-order valence-corrected chi connectivity index (χ1v) is 7.20. The molecule has 1 aliphatic heterocycles. The molecule has 4 rings (SSSR count). The first kappa shape index (κ1) is 12.9. The Hall–Kier alpha value is -2.76. The van der Waals surface area contributed by atoms with Gasteiger partial charge in [0.15, 0.2) is 11.5 Å². The lowest BCUT2D eigenvalue weighted by Gasteiger charge is -2.34. The molecule has 0 saturated carbocycles. The van der Waals surface area contributed by atoms with Crippen molar-refractivity contribution in [3.05, 3.63) is 54.2 Å². The standard InChI is InChI=1S/C16H15N3O3/c1-11-13-4-2-6-18(13)7-8-19(11)16(20)12-10-15(22-17-12)14-5-3-9-21-14/h2-6,9-11H,7-8H2,1H3/t11-/m1/s1. The van der Waals surface area contributed by atoms with Crippen molar-refractivity contribution in [1.82, 2.24) is 14.6 Å². The largest absolute Gasteiger partial charge is 0.461 e. The number of amides is 1. The fourth-order valence-electron chi connectivity index (χ4n) is 2.91. The minimum atomic E-state index is -0.124. The van der Waals surface area contributed by atoms with E-state index in [1.54, 1.807) is 24.5 Å². The SMILES string of the molecule is C[C@@H]1c2cccn2CCN1C(=O)c1cc(-c2ccco2)on1. The molecule has 4 heterocycles. The van der Waals surface area contributed by atoms with Crippen molar-refractivity contribution in [2.75, 3.05) is 6.54 Å². The van der Waals surface area contributed by atoms with E-state index in [0.717, 1.165) is 12.2 Å². The maximum atomic E-state index is 12.7. The lowest BCUT2D eigenvalue weighted by atomic mass is 10.1. The van der Waals surface area contributed by atoms with E-state index < -0.39 is 0 Å². The van der Waals surface area contributed by atoms with Crippen LogP contribution in [0.5, 0.6) is 0 Å². The topological polar surface area (TPSA) is 64.4 Å². The van der Waals surface area contributed by atoms with Crippen LogP contribution in [0.3, 0.4) is 0 Å². The van der Waals surface area contributed by atoms with Crippen molar-refractivity contribution in [3.8, 4) is 11.5 Å². The molecule has 112 valence electrons. The summed E-state index contributed by atoms with van der Waals surface area (Å²) >= 11 is 0. The smallest absolute Gasteiger partial charge is 0.276 e. The Morgan fingerprint density at radius 1 is 1.27 bits per heavy atom. The van der Waals surface area contributed by atoms with Crippen molar-refractivity contribution < 1.29 is 13.7 Å². The van der Waals surface area contributed by atoms with Gasteiger partial charge >= 0.3 is 0 Å². The molecular formula is C16H15N3O3. The number of hydrogen-bond donors (Lipinski definition) is 0. The molecule has 6 heteroatoms. The maximum Gasteiger partial charge on any atom is 0.276 e. The van der Waals surface area contributed by atoms with Gasteiger partial charge in [0.05, 0.1) is 12.3 Å². The van der Waals surface area contributed by atoms with Gasteiger partial charge in [0, 0.05) is 31.0 Å². The average molecular weight is 297 g/mol. The zero-order valence-electron chi connectivity index (χ0n) is 12.1. The Morgan fingerprint density at radius 3 is 3.00 bits per heavy atom. The van der Waals surface area contributed by atoms with Gasteiger partial charge in [-0.05, 0) is 31.2 Å². The molecule has 3 aromatic rings. The predicted molar refractivity (Wildman–Crippen MR) is 78.1 cm³/mol. The molecule has 6 nitrogen and oxygen atoms in total. The van der Waals surface area contributed by atoms with Gasteiger partial charge in [-0.1, -0.05) is 5.16 Å². The number of rotatable bonds is 2. The second-order valence-electron chi connectivity index (χ2n) is 5.35. The van der Waals surface area contributed by atoms with Crippen molar-refractivity contribution in [3.63, 3.8) is 0 Å². The van der Waals surface area contributed by atoms with E-state index in [9.17, 15) is 4.79 Å². The predicted octanol–water partition coefficient (Wildman–Crippen LogP) is 2.95. The third-order valence-corrected chi connectivity index (χ3v) is 4.10. The zero-order chi connectivity index (χ0) is 15.1. The summed E-state index contributed by atoms with van der Waals surface area (Å²) in [5.41, 5.74) is 1.44. The summed E-state index contributed by atoms with van der Waals surface area (Å²) in [5, 5.41) is 3.89. The van der Waals surface area contributed by atoms with Gasteiger partial charge in [-0.25, -0.2) is 0 Å². The third-order valence-electron chi connectivity index (χ3n) is 4.10. The summed E-state index contributed by atoms with van der Waals surface area (Å²) in [6.07, 6.45) is 3.60. The molecule has 3 aromatic heterocycles. The second-order valence-corrected chi connectivity index (χ2v) is 5.35. The number of carbonyl (C=O) groups is 1. The Kier molecular flexibility index (Phi) is 2.89. The molecule has 0 saturated heterocycles. The Morgan fingerprint density at radius 2 is 2.18 bits per heavy atom. The van der Waals surface area contributed by atoms with E-state index >= 15 is 0 Å². The van der Waals surface area contributed by atoms with Gasteiger partial charge in [-0.15, -0.1) is 0 Å². The quantitative estimate of drug-likeness (QED) is 0.729. The van der Waals surface area contributed by atoms with Crippen molar-refractivity contribution >= 4 is 5.91 Å². The summed E-state index contributed by atoms with van der Waals surface area (Å²) in [4.78, 5) is 14.5. The second kappa shape index (κ2) is 4.91. The fraction of sp³-hybridized carbons (Fsp3) is 0.250. The Balaban J connectivity index is 1.60. The molecular weight excluding hydrogens is 282 g/mol. The minimum Gasteiger partial charge on any atom is -0.461 e. The first-order chi connectivity index (χ1) is 10.7. The van der Waals surface area contributed by atoms with E-state index in [0.29, 0.717) is 23.8 Å². The van der Waals surface area contributed by atoms with Gasteiger partial charge in [0.25, 0.3) is 5.91 Å². The molecule has 1 aliphatic rings. The van der Waals surface area contributed by atoms with Crippen LogP contribution in [0.15, 0.2) is 51.7 Å². The maximum absolute atomic E-state index is 12.7. The summed E-state index contributed by atoms with van der Waals surface area (Å²) in [6.45, 7) is 3.47. The highest BCUT2D eigenvalue weighted by atomic mass is 16.5. The van der Waals surface area contributed by atoms with E-state index in [1.165, 1.54) is 0 Å². The average Bonchev–Trinajstić information content (AvgIpc) is 3.26. The minimum absolute atomic E-state index is 0.0139. The molecule has 0 bridgehead atoms. The van der Waals surface area contributed by atoms with Crippen LogP contribution in [0, 0.1) is 0 Å². The van der Waals surface area contributed by atoms with Crippen LogP contribution in [-0.4, -0.2) is 27.1 Å². The molecule has 0 unspecified atom stereocenters.